The standard InChI is InChI=1S/C19H18N4O2/c24-12-13-6-7-15(10-13)22-19(25)16-11-21-23-17(8-9-20-18(16)23)14-4-2-1-3-5-14/h1-9,11,13,15,24H,10,12H2,(H,22,25)/t13-,15+/m0/s1. The van der Waals surface area contributed by atoms with Crippen LogP contribution in [-0.4, -0.2) is 38.3 Å². The van der Waals surface area contributed by atoms with E-state index in [-0.39, 0.29) is 24.5 Å². The second kappa shape index (κ2) is 6.49. The van der Waals surface area contributed by atoms with Gasteiger partial charge in [-0.1, -0.05) is 42.5 Å². The molecule has 3 aromatic rings. The molecule has 1 amide bonds. The summed E-state index contributed by atoms with van der Waals surface area (Å²) in [4.78, 5) is 17.0. The van der Waals surface area contributed by atoms with Crippen LogP contribution in [0.25, 0.3) is 16.9 Å². The van der Waals surface area contributed by atoms with Crippen LogP contribution in [0.15, 0.2) is 60.9 Å². The van der Waals surface area contributed by atoms with E-state index in [1.54, 1.807) is 16.9 Å². The number of aliphatic hydroxyl groups is 1. The summed E-state index contributed by atoms with van der Waals surface area (Å²) < 4.78 is 1.69. The molecule has 25 heavy (non-hydrogen) atoms. The monoisotopic (exact) mass is 334 g/mol. The minimum Gasteiger partial charge on any atom is -0.396 e. The van der Waals surface area contributed by atoms with E-state index in [0.717, 1.165) is 11.3 Å². The molecule has 0 bridgehead atoms. The molecule has 0 saturated heterocycles. The van der Waals surface area contributed by atoms with Crippen LogP contribution in [0.1, 0.15) is 16.8 Å². The van der Waals surface area contributed by atoms with Gasteiger partial charge in [0.15, 0.2) is 5.65 Å². The molecule has 0 saturated carbocycles. The highest BCUT2D eigenvalue weighted by Gasteiger charge is 2.22. The first-order valence-corrected chi connectivity index (χ1v) is 8.24. The number of hydrogen-bond acceptors (Lipinski definition) is 4. The average molecular weight is 334 g/mol. The molecule has 1 aliphatic rings. The largest absolute Gasteiger partial charge is 0.396 e. The van der Waals surface area contributed by atoms with Gasteiger partial charge in [0, 0.05) is 30.3 Å². The van der Waals surface area contributed by atoms with Crippen molar-refractivity contribution in [1.29, 1.82) is 0 Å². The Hall–Kier alpha value is -2.99. The first-order chi connectivity index (χ1) is 12.3. The van der Waals surface area contributed by atoms with Gasteiger partial charge in [-0.25, -0.2) is 9.50 Å². The fourth-order valence-corrected chi connectivity index (χ4v) is 3.14. The van der Waals surface area contributed by atoms with Crippen molar-refractivity contribution in [2.45, 2.75) is 12.5 Å². The molecule has 2 atom stereocenters. The third-order valence-electron chi connectivity index (χ3n) is 4.44. The van der Waals surface area contributed by atoms with Crippen LogP contribution >= 0.6 is 0 Å². The number of amides is 1. The molecular formula is C19H18N4O2. The van der Waals surface area contributed by atoms with E-state index in [4.69, 9.17) is 0 Å². The zero-order valence-electron chi connectivity index (χ0n) is 13.5. The molecule has 6 heteroatoms. The Morgan fingerprint density at radius 3 is 2.84 bits per heavy atom. The Kier molecular flexibility index (Phi) is 4.03. The molecule has 126 valence electrons. The summed E-state index contributed by atoms with van der Waals surface area (Å²) >= 11 is 0. The number of benzene rings is 1. The highest BCUT2D eigenvalue weighted by Crippen LogP contribution is 2.21. The van der Waals surface area contributed by atoms with E-state index in [1.807, 2.05) is 48.6 Å². The summed E-state index contributed by atoms with van der Waals surface area (Å²) in [5.74, 6) is -0.0991. The van der Waals surface area contributed by atoms with Crippen LogP contribution < -0.4 is 5.32 Å². The van der Waals surface area contributed by atoms with E-state index >= 15 is 0 Å². The molecule has 0 unspecified atom stereocenters. The predicted molar refractivity (Wildman–Crippen MR) is 94.0 cm³/mol. The Labute approximate surface area is 144 Å². The Bertz CT molecular complexity index is 933. The summed E-state index contributed by atoms with van der Waals surface area (Å²) in [6, 6.07) is 11.7. The lowest BCUT2D eigenvalue weighted by Crippen LogP contribution is -2.32. The van der Waals surface area contributed by atoms with Crippen molar-refractivity contribution in [2.24, 2.45) is 5.92 Å². The van der Waals surface area contributed by atoms with Crippen molar-refractivity contribution in [3.8, 4) is 11.3 Å². The SMILES string of the molecule is O=C(N[C@@H]1C=C[C@H](CO)C1)c1cnn2c(-c3ccccc3)ccnc12. The van der Waals surface area contributed by atoms with Crippen molar-refractivity contribution in [2.75, 3.05) is 6.61 Å². The van der Waals surface area contributed by atoms with Crippen molar-refractivity contribution in [3.63, 3.8) is 0 Å². The third kappa shape index (κ3) is 2.92. The second-order valence-corrected chi connectivity index (χ2v) is 6.13. The van der Waals surface area contributed by atoms with E-state index in [2.05, 4.69) is 15.4 Å². The molecule has 0 radical (unpaired) electrons. The zero-order chi connectivity index (χ0) is 17.2. The van der Waals surface area contributed by atoms with Crippen LogP contribution in [0.3, 0.4) is 0 Å². The van der Waals surface area contributed by atoms with Gasteiger partial charge in [0.25, 0.3) is 5.91 Å². The molecule has 0 aliphatic heterocycles. The average Bonchev–Trinajstić information content (AvgIpc) is 3.28. The summed E-state index contributed by atoms with van der Waals surface area (Å²) in [7, 11) is 0. The van der Waals surface area contributed by atoms with Crippen LogP contribution in [0.4, 0.5) is 0 Å². The number of carbonyl (C=O) groups excluding carboxylic acids is 1. The van der Waals surface area contributed by atoms with E-state index < -0.39 is 0 Å². The lowest BCUT2D eigenvalue weighted by Gasteiger charge is -2.12. The van der Waals surface area contributed by atoms with Gasteiger partial charge in [-0.05, 0) is 12.5 Å². The number of carbonyl (C=O) groups is 1. The molecule has 2 N–H and O–H groups in total. The lowest BCUT2D eigenvalue weighted by atomic mass is 10.1. The number of fused-ring (bicyclic) bond motifs is 1. The van der Waals surface area contributed by atoms with E-state index in [0.29, 0.717) is 17.6 Å². The van der Waals surface area contributed by atoms with Crippen molar-refractivity contribution >= 4 is 11.6 Å². The van der Waals surface area contributed by atoms with Gasteiger partial charge >= 0.3 is 0 Å². The zero-order valence-corrected chi connectivity index (χ0v) is 13.5. The van der Waals surface area contributed by atoms with Crippen LogP contribution in [-0.2, 0) is 0 Å². The molecule has 1 aliphatic carbocycles. The van der Waals surface area contributed by atoms with Crippen LogP contribution in [0.5, 0.6) is 0 Å². The first-order valence-electron chi connectivity index (χ1n) is 8.24. The van der Waals surface area contributed by atoms with Gasteiger partial charge in [-0.15, -0.1) is 0 Å². The maximum absolute atomic E-state index is 12.6. The summed E-state index contributed by atoms with van der Waals surface area (Å²) in [5.41, 5.74) is 2.86. The van der Waals surface area contributed by atoms with Crippen molar-refractivity contribution in [1.82, 2.24) is 19.9 Å². The topological polar surface area (TPSA) is 79.5 Å². The maximum atomic E-state index is 12.6. The summed E-state index contributed by atoms with van der Waals surface area (Å²) in [6.45, 7) is 0.0988. The summed E-state index contributed by atoms with van der Waals surface area (Å²) in [6.07, 6.45) is 7.81. The van der Waals surface area contributed by atoms with E-state index in [9.17, 15) is 9.90 Å². The van der Waals surface area contributed by atoms with Crippen LogP contribution in [0, 0.1) is 5.92 Å². The molecule has 4 rings (SSSR count). The minimum absolute atomic E-state index is 0.0723. The van der Waals surface area contributed by atoms with Crippen LogP contribution in [0.2, 0.25) is 0 Å². The van der Waals surface area contributed by atoms with Gasteiger partial charge in [-0.2, -0.15) is 5.10 Å². The molecule has 0 spiro atoms. The Morgan fingerprint density at radius 2 is 2.08 bits per heavy atom. The van der Waals surface area contributed by atoms with Gasteiger partial charge < -0.3 is 10.4 Å². The minimum atomic E-state index is -0.207. The predicted octanol–water partition coefficient (Wildman–Crippen LogP) is 2.06. The van der Waals surface area contributed by atoms with Gasteiger partial charge in [0.05, 0.1) is 11.9 Å². The van der Waals surface area contributed by atoms with Crippen molar-refractivity contribution in [3.05, 3.63) is 66.5 Å². The van der Waals surface area contributed by atoms with Gasteiger partial charge in [0.2, 0.25) is 0 Å². The van der Waals surface area contributed by atoms with Crippen molar-refractivity contribution < 1.29 is 9.90 Å². The molecule has 0 fully saturated rings. The van der Waals surface area contributed by atoms with E-state index in [1.165, 1.54) is 0 Å². The molecule has 2 aromatic heterocycles. The van der Waals surface area contributed by atoms with Gasteiger partial charge in [0.1, 0.15) is 5.56 Å². The Morgan fingerprint density at radius 1 is 1.24 bits per heavy atom. The number of nitrogens with one attached hydrogen (secondary N) is 1. The third-order valence-corrected chi connectivity index (χ3v) is 4.44. The first kappa shape index (κ1) is 15.5. The molecule has 2 heterocycles. The molecule has 1 aromatic carbocycles. The fourth-order valence-electron chi connectivity index (χ4n) is 3.14. The van der Waals surface area contributed by atoms with Gasteiger partial charge in [-0.3, -0.25) is 4.79 Å². The number of rotatable bonds is 4. The highest BCUT2D eigenvalue weighted by atomic mass is 16.3. The lowest BCUT2D eigenvalue weighted by molar-refractivity contribution is 0.0942. The number of nitrogens with zero attached hydrogens (tertiary/aromatic N) is 3. The molecule has 6 nitrogen and oxygen atoms in total. The Balaban J connectivity index is 1.63. The maximum Gasteiger partial charge on any atom is 0.257 e. The fraction of sp³-hybridized carbons (Fsp3) is 0.211. The second-order valence-electron chi connectivity index (χ2n) is 6.13. The normalized spacial score (nSPS) is 19.4. The number of hydrogen-bond donors (Lipinski definition) is 2. The highest BCUT2D eigenvalue weighted by molar-refractivity contribution is 6.00. The molecular weight excluding hydrogens is 316 g/mol. The number of aromatic nitrogens is 3. The number of aliphatic hydroxyl groups excluding tert-OH is 1. The smallest absolute Gasteiger partial charge is 0.257 e. The quantitative estimate of drug-likeness (QED) is 0.716. The summed E-state index contributed by atoms with van der Waals surface area (Å²) in [5, 5.41) is 16.5.